The molecule has 0 spiro atoms. The number of hydrogen-bond acceptors (Lipinski definition) is 3. The van der Waals surface area contributed by atoms with E-state index in [-0.39, 0.29) is 17.3 Å². The highest BCUT2D eigenvalue weighted by atomic mass is 35.5. The van der Waals surface area contributed by atoms with Crippen molar-refractivity contribution in [3.05, 3.63) is 75.4 Å². The van der Waals surface area contributed by atoms with Gasteiger partial charge in [0.15, 0.2) is 5.82 Å². The minimum Gasteiger partial charge on any atom is -0.326 e. The van der Waals surface area contributed by atoms with E-state index in [1.165, 1.54) is 12.1 Å². The predicted octanol–water partition coefficient (Wildman–Crippen LogP) is 5.57. The molecule has 0 unspecified atom stereocenters. The van der Waals surface area contributed by atoms with E-state index in [1.807, 2.05) is 12.0 Å². The summed E-state index contributed by atoms with van der Waals surface area (Å²) in [4.78, 5) is 16.6. The van der Waals surface area contributed by atoms with Crippen LogP contribution in [-0.4, -0.2) is 22.1 Å². The number of benzene rings is 2. The number of aromatic nitrogens is 2. The van der Waals surface area contributed by atoms with Crippen molar-refractivity contribution < 1.29 is 18.0 Å². The number of amides is 1. The summed E-state index contributed by atoms with van der Waals surface area (Å²) in [5.41, 5.74) is 0.457. The summed E-state index contributed by atoms with van der Waals surface area (Å²) in [6.45, 7) is 1.81. The van der Waals surface area contributed by atoms with E-state index in [0.29, 0.717) is 15.7 Å². The second-order valence-electron chi connectivity index (χ2n) is 6.20. The lowest BCUT2D eigenvalue weighted by molar-refractivity contribution is -0.141. The van der Waals surface area contributed by atoms with Crippen LogP contribution in [0.3, 0.4) is 0 Å². The number of guanidine groups is 1. The summed E-state index contributed by atoms with van der Waals surface area (Å²) in [7, 11) is 0. The van der Waals surface area contributed by atoms with Crippen LogP contribution in [0.2, 0.25) is 10.0 Å². The normalized spacial score (nSPS) is 12.0. The van der Waals surface area contributed by atoms with E-state index < -0.39 is 17.8 Å². The molecule has 0 radical (unpaired) electrons. The van der Waals surface area contributed by atoms with E-state index in [2.05, 4.69) is 20.7 Å². The standard InChI is InChI=1S/C19H14Cl2F3N5O/c1-10-5-13(21)8-14(6-10)25-18(26-16-9-15(28-29-16)19(22,23)24)27-17(30)11-3-2-4-12(20)7-11/h2-9H,1H3,(H3,25,26,27,28,29,30). The third kappa shape index (κ3) is 5.74. The lowest BCUT2D eigenvalue weighted by Gasteiger charge is -2.12. The Kier molecular flexibility index (Phi) is 6.33. The third-order valence-electron chi connectivity index (χ3n) is 3.72. The Morgan fingerprint density at radius 3 is 2.50 bits per heavy atom. The number of carbonyl (C=O) groups excluding carboxylic acids is 1. The van der Waals surface area contributed by atoms with Crippen molar-refractivity contribution >= 4 is 46.6 Å². The second-order valence-corrected chi connectivity index (χ2v) is 7.08. The molecule has 0 aliphatic carbocycles. The van der Waals surface area contributed by atoms with Crippen LogP contribution >= 0.6 is 23.2 Å². The zero-order valence-corrected chi connectivity index (χ0v) is 16.8. The first kappa shape index (κ1) is 21.7. The molecular weight excluding hydrogens is 442 g/mol. The SMILES string of the molecule is Cc1cc(Cl)cc(NC(=Nc2cc(C(F)(F)F)[nH]n2)NC(=O)c2cccc(Cl)c2)c1. The third-order valence-corrected chi connectivity index (χ3v) is 4.17. The van der Waals surface area contributed by atoms with Crippen LogP contribution in [0.4, 0.5) is 24.7 Å². The first-order valence-electron chi connectivity index (χ1n) is 8.42. The van der Waals surface area contributed by atoms with Crippen molar-refractivity contribution in [1.29, 1.82) is 0 Å². The number of aromatic amines is 1. The molecule has 3 rings (SSSR count). The first-order chi connectivity index (χ1) is 14.1. The van der Waals surface area contributed by atoms with Crippen molar-refractivity contribution in [1.82, 2.24) is 15.5 Å². The van der Waals surface area contributed by atoms with Gasteiger partial charge < -0.3 is 5.32 Å². The summed E-state index contributed by atoms with van der Waals surface area (Å²) in [6, 6.07) is 11.9. The maximum atomic E-state index is 12.8. The monoisotopic (exact) mass is 455 g/mol. The fourth-order valence-electron chi connectivity index (χ4n) is 2.47. The molecule has 1 amide bonds. The van der Waals surface area contributed by atoms with Crippen molar-refractivity contribution in [2.45, 2.75) is 13.1 Å². The fourth-order valence-corrected chi connectivity index (χ4v) is 2.95. The molecule has 0 aliphatic rings. The first-order valence-corrected chi connectivity index (χ1v) is 9.18. The van der Waals surface area contributed by atoms with Gasteiger partial charge in [-0.3, -0.25) is 15.2 Å². The molecule has 11 heteroatoms. The minimum absolute atomic E-state index is 0.151. The van der Waals surface area contributed by atoms with Gasteiger partial charge in [-0.2, -0.15) is 23.3 Å². The number of rotatable bonds is 3. The lowest BCUT2D eigenvalue weighted by atomic mass is 10.2. The molecule has 30 heavy (non-hydrogen) atoms. The molecule has 3 N–H and O–H groups in total. The molecule has 2 aromatic carbocycles. The van der Waals surface area contributed by atoms with E-state index in [1.54, 1.807) is 30.3 Å². The molecule has 0 saturated carbocycles. The molecule has 0 fully saturated rings. The maximum absolute atomic E-state index is 12.8. The number of H-pyrrole nitrogens is 1. The predicted molar refractivity (Wildman–Crippen MR) is 109 cm³/mol. The molecular formula is C19H14Cl2F3N5O. The van der Waals surface area contributed by atoms with Gasteiger partial charge in [0.2, 0.25) is 5.96 Å². The number of aryl methyl sites for hydroxylation is 1. The van der Waals surface area contributed by atoms with Crippen molar-refractivity contribution in [3.63, 3.8) is 0 Å². The van der Waals surface area contributed by atoms with Gasteiger partial charge in [0, 0.05) is 27.4 Å². The number of halogens is 5. The summed E-state index contributed by atoms with van der Waals surface area (Å²) < 4.78 is 38.4. The topological polar surface area (TPSA) is 82.2 Å². The average Bonchev–Trinajstić information content (AvgIpc) is 3.09. The number of alkyl halides is 3. The number of anilines is 1. The number of hydrogen-bond donors (Lipinski definition) is 3. The Bertz CT molecular complexity index is 1090. The number of nitrogens with one attached hydrogen (secondary N) is 3. The Balaban J connectivity index is 1.93. The largest absolute Gasteiger partial charge is 0.432 e. The zero-order chi connectivity index (χ0) is 21.9. The summed E-state index contributed by atoms with van der Waals surface area (Å²) >= 11 is 11.9. The molecule has 1 aromatic heterocycles. The van der Waals surface area contributed by atoms with E-state index in [0.717, 1.165) is 11.6 Å². The van der Waals surface area contributed by atoms with Crippen LogP contribution in [0, 0.1) is 6.92 Å². The minimum atomic E-state index is -4.61. The molecule has 0 aliphatic heterocycles. The molecule has 0 bridgehead atoms. The van der Waals surface area contributed by atoms with Gasteiger partial charge in [-0.25, -0.2) is 0 Å². The maximum Gasteiger partial charge on any atom is 0.432 e. The van der Waals surface area contributed by atoms with Gasteiger partial charge in [0.25, 0.3) is 5.91 Å². The van der Waals surface area contributed by atoms with Crippen molar-refractivity contribution in [2.75, 3.05) is 5.32 Å². The van der Waals surface area contributed by atoms with Gasteiger partial charge in [0.1, 0.15) is 5.69 Å². The Morgan fingerprint density at radius 2 is 1.87 bits per heavy atom. The summed E-state index contributed by atoms with van der Waals surface area (Å²) in [5, 5.41) is 11.5. The second kappa shape index (κ2) is 8.76. The van der Waals surface area contributed by atoms with Crippen LogP contribution < -0.4 is 10.6 Å². The summed E-state index contributed by atoms with van der Waals surface area (Å²) in [5.74, 6) is -1.01. The van der Waals surface area contributed by atoms with E-state index in [9.17, 15) is 18.0 Å². The van der Waals surface area contributed by atoms with E-state index in [4.69, 9.17) is 23.2 Å². The van der Waals surface area contributed by atoms with Crippen LogP contribution in [0.1, 0.15) is 21.6 Å². The Hall–Kier alpha value is -3.04. The molecule has 0 atom stereocenters. The number of aliphatic imine (C=N–C) groups is 1. The van der Waals surface area contributed by atoms with Crippen LogP contribution in [0.15, 0.2) is 53.5 Å². The summed E-state index contributed by atoms with van der Waals surface area (Å²) in [6.07, 6.45) is -4.61. The Labute approximate surface area is 179 Å². The molecule has 6 nitrogen and oxygen atoms in total. The van der Waals surface area contributed by atoms with Crippen LogP contribution in [-0.2, 0) is 6.18 Å². The fraction of sp³-hybridized carbons (Fsp3) is 0.105. The Morgan fingerprint density at radius 1 is 1.10 bits per heavy atom. The van der Waals surface area contributed by atoms with Crippen LogP contribution in [0.5, 0.6) is 0 Å². The molecule has 0 saturated heterocycles. The van der Waals surface area contributed by atoms with Gasteiger partial charge in [0.05, 0.1) is 0 Å². The van der Waals surface area contributed by atoms with Crippen molar-refractivity contribution in [3.8, 4) is 0 Å². The zero-order valence-electron chi connectivity index (χ0n) is 15.3. The van der Waals surface area contributed by atoms with Gasteiger partial charge in [-0.15, -0.1) is 0 Å². The average molecular weight is 456 g/mol. The van der Waals surface area contributed by atoms with Gasteiger partial charge >= 0.3 is 6.18 Å². The van der Waals surface area contributed by atoms with Gasteiger partial charge in [-0.1, -0.05) is 29.3 Å². The number of carbonyl (C=O) groups is 1. The quantitative estimate of drug-likeness (QED) is 0.356. The highest BCUT2D eigenvalue weighted by Crippen LogP contribution is 2.29. The molecule has 1 heterocycles. The molecule has 3 aromatic rings. The van der Waals surface area contributed by atoms with Crippen molar-refractivity contribution in [2.24, 2.45) is 4.99 Å². The lowest BCUT2D eigenvalue weighted by Crippen LogP contribution is -2.35. The van der Waals surface area contributed by atoms with Crippen LogP contribution in [0.25, 0.3) is 0 Å². The smallest absolute Gasteiger partial charge is 0.326 e. The number of nitrogens with zero attached hydrogens (tertiary/aromatic N) is 2. The highest BCUT2D eigenvalue weighted by molar-refractivity contribution is 6.31. The highest BCUT2D eigenvalue weighted by Gasteiger charge is 2.33. The van der Waals surface area contributed by atoms with Gasteiger partial charge in [-0.05, 0) is 48.9 Å². The molecule has 156 valence electrons. The van der Waals surface area contributed by atoms with E-state index >= 15 is 0 Å².